The van der Waals surface area contributed by atoms with E-state index < -0.39 is 0 Å². The molecule has 0 aliphatic heterocycles. The van der Waals surface area contributed by atoms with Crippen LogP contribution in [-0.4, -0.2) is 43.5 Å². The lowest BCUT2D eigenvalue weighted by Gasteiger charge is -2.21. The Labute approximate surface area is 123 Å². The number of Topliss-reactive ketones (excluding diaryl/α,β-unsaturated/α-hetero) is 1. The van der Waals surface area contributed by atoms with Crippen molar-refractivity contribution in [3.8, 4) is 0 Å². The summed E-state index contributed by atoms with van der Waals surface area (Å²) in [5, 5.41) is 0. The van der Waals surface area contributed by atoms with Gasteiger partial charge in [-0.1, -0.05) is 34.1 Å². The van der Waals surface area contributed by atoms with Gasteiger partial charge in [0.25, 0.3) is 0 Å². The number of ether oxygens (including phenoxy) is 1. The number of rotatable bonds is 8. The first kappa shape index (κ1) is 14.7. The molecule has 1 saturated carbocycles. The molecule has 1 aromatic carbocycles. The fourth-order valence-electron chi connectivity index (χ4n) is 2.19. The number of benzene rings is 1. The van der Waals surface area contributed by atoms with E-state index in [-0.39, 0.29) is 5.78 Å². The SMILES string of the molecule is COCCN(CCC(=O)c1ccccc1Br)C1CC1. The van der Waals surface area contributed by atoms with Crippen LogP contribution in [-0.2, 0) is 4.74 Å². The Morgan fingerprint density at radius 2 is 2.11 bits per heavy atom. The molecule has 3 nitrogen and oxygen atoms in total. The third kappa shape index (κ3) is 4.41. The van der Waals surface area contributed by atoms with E-state index >= 15 is 0 Å². The largest absolute Gasteiger partial charge is 0.383 e. The topological polar surface area (TPSA) is 29.5 Å². The third-order valence-corrected chi connectivity index (χ3v) is 4.14. The quantitative estimate of drug-likeness (QED) is 0.688. The molecule has 0 aromatic heterocycles. The van der Waals surface area contributed by atoms with Gasteiger partial charge in [-0.2, -0.15) is 0 Å². The fourth-order valence-corrected chi connectivity index (χ4v) is 2.70. The van der Waals surface area contributed by atoms with Gasteiger partial charge in [0.2, 0.25) is 0 Å². The summed E-state index contributed by atoms with van der Waals surface area (Å²) in [5.41, 5.74) is 0.782. The summed E-state index contributed by atoms with van der Waals surface area (Å²) < 4.78 is 6.01. The van der Waals surface area contributed by atoms with E-state index in [0.717, 1.165) is 29.7 Å². The highest BCUT2D eigenvalue weighted by Crippen LogP contribution is 2.27. The summed E-state index contributed by atoms with van der Waals surface area (Å²) in [7, 11) is 1.72. The van der Waals surface area contributed by atoms with Gasteiger partial charge >= 0.3 is 0 Å². The lowest BCUT2D eigenvalue weighted by molar-refractivity contribution is 0.0944. The van der Waals surface area contributed by atoms with Crippen molar-refractivity contribution in [2.45, 2.75) is 25.3 Å². The highest BCUT2D eigenvalue weighted by Gasteiger charge is 2.28. The molecule has 0 atom stereocenters. The first-order chi connectivity index (χ1) is 9.22. The van der Waals surface area contributed by atoms with Gasteiger partial charge < -0.3 is 4.74 Å². The van der Waals surface area contributed by atoms with Crippen LogP contribution in [0.15, 0.2) is 28.7 Å². The van der Waals surface area contributed by atoms with E-state index in [1.165, 1.54) is 12.8 Å². The van der Waals surface area contributed by atoms with Crippen LogP contribution >= 0.6 is 15.9 Å². The van der Waals surface area contributed by atoms with Gasteiger partial charge in [-0.05, 0) is 18.9 Å². The minimum absolute atomic E-state index is 0.204. The zero-order valence-electron chi connectivity index (χ0n) is 11.3. The maximum atomic E-state index is 12.2. The highest BCUT2D eigenvalue weighted by atomic mass is 79.9. The number of carbonyl (C=O) groups excluding carboxylic acids is 1. The van der Waals surface area contributed by atoms with Crippen LogP contribution in [0.25, 0.3) is 0 Å². The van der Waals surface area contributed by atoms with E-state index in [4.69, 9.17) is 4.74 Å². The zero-order chi connectivity index (χ0) is 13.7. The second-order valence-corrected chi connectivity index (χ2v) is 5.77. The average molecular weight is 326 g/mol. The number of halogens is 1. The minimum atomic E-state index is 0.204. The van der Waals surface area contributed by atoms with E-state index in [0.29, 0.717) is 12.5 Å². The smallest absolute Gasteiger partial charge is 0.165 e. The van der Waals surface area contributed by atoms with Gasteiger partial charge in [-0.15, -0.1) is 0 Å². The van der Waals surface area contributed by atoms with Gasteiger partial charge in [-0.25, -0.2) is 0 Å². The Morgan fingerprint density at radius 3 is 2.74 bits per heavy atom. The van der Waals surface area contributed by atoms with Gasteiger partial charge in [0.15, 0.2) is 5.78 Å². The second-order valence-electron chi connectivity index (χ2n) is 4.91. The molecule has 0 saturated heterocycles. The maximum Gasteiger partial charge on any atom is 0.165 e. The Balaban J connectivity index is 1.86. The number of hydrogen-bond donors (Lipinski definition) is 0. The van der Waals surface area contributed by atoms with Crippen LogP contribution < -0.4 is 0 Å². The molecule has 0 amide bonds. The molecule has 0 spiro atoms. The number of methoxy groups -OCH3 is 1. The van der Waals surface area contributed by atoms with E-state index in [2.05, 4.69) is 20.8 Å². The normalized spacial score (nSPS) is 14.9. The number of carbonyl (C=O) groups is 1. The highest BCUT2D eigenvalue weighted by molar-refractivity contribution is 9.10. The molecule has 0 heterocycles. The molecule has 0 radical (unpaired) electrons. The van der Waals surface area contributed by atoms with Crippen LogP contribution in [0.1, 0.15) is 29.6 Å². The van der Waals surface area contributed by atoms with Gasteiger partial charge in [0, 0.05) is 42.7 Å². The van der Waals surface area contributed by atoms with Crippen molar-refractivity contribution in [2.24, 2.45) is 0 Å². The van der Waals surface area contributed by atoms with Crippen molar-refractivity contribution in [2.75, 3.05) is 26.8 Å². The summed E-state index contributed by atoms with van der Waals surface area (Å²) in [6, 6.07) is 8.29. The Kier molecular flexibility index (Phi) is 5.55. The molecule has 4 heteroatoms. The molecular weight excluding hydrogens is 306 g/mol. The molecule has 1 aliphatic rings. The number of nitrogens with zero attached hydrogens (tertiary/aromatic N) is 1. The molecular formula is C15H20BrNO2. The number of ketones is 1. The van der Waals surface area contributed by atoms with Crippen LogP contribution in [0.4, 0.5) is 0 Å². The molecule has 1 aliphatic carbocycles. The van der Waals surface area contributed by atoms with Crippen molar-refractivity contribution in [1.82, 2.24) is 4.90 Å². The van der Waals surface area contributed by atoms with Crippen molar-refractivity contribution in [1.29, 1.82) is 0 Å². The van der Waals surface area contributed by atoms with Crippen LogP contribution in [0.3, 0.4) is 0 Å². The molecule has 2 rings (SSSR count). The van der Waals surface area contributed by atoms with Crippen LogP contribution in [0.5, 0.6) is 0 Å². The predicted molar refractivity (Wildman–Crippen MR) is 79.6 cm³/mol. The lowest BCUT2D eigenvalue weighted by atomic mass is 10.1. The summed E-state index contributed by atoms with van der Waals surface area (Å²) >= 11 is 3.43. The van der Waals surface area contributed by atoms with E-state index in [1.54, 1.807) is 7.11 Å². The summed E-state index contributed by atoms with van der Waals surface area (Å²) in [4.78, 5) is 14.6. The minimum Gasteiger partial charge on any atom is -0.383 e. The maximum absolute atomic E-state index is 12.2. The third-order valence-electron chi connectivity index (χ3n) is 3.45. The standard InChI is InChI=1S/C15H20BrNO2/c1-19-11-10-17(12-6-7-12)9-8-15(18)13-4-2-3-5-14(13)16/h2-5,12H,6-11H2,1H3. The summed E-state index contributed by atoms with van der Waals surface area (Å²) in [5.74, 6) is 0.204. The monoisotopic (exact) mass is 325 g/mol. The molecule has 19 heavy (non-hydrogen) atoms. The predicted octanol–water partition coefficient (Wildman–Crippen LogP) is 3.13. The first-order valence-electron chi connectivity index (χ1n) is 6.73. The van der Waals surface area contributed by atoms with Crippen molar-refractivity contribution >= 4 is 21.7 Å². The van der Waals surface area contributed by atoms with E-state index in [1.807, 2.05) is 24.3 Å². The molecule has 0 N–H and O–H groups in total. The van der Waals surface area contributed by atoms with Gasteiger partial charge in [0.1, 0.15) is 0 Å². The lowest BCUT2D eigenvalue weighted by Crippen LogP contribution is -2.31. The average Bonchev–Trinajstić information content (AvgIpc) is 3.23. The summed E-state index contributed by atoms with van der Waals surface area (Å²) in [6.45, 7) is 2.48. The molecule has 1 aromatic rings. The Morgan fingerprint density at radius 1 is 1.37 bits per heavy atom. The van der Waals surface area contributed by atoms with Gasteiger partial charge in [0.05, 0.1) is 6.61 Å². The Bertz CT molecular complexity index is 432. The summed E-state index contributed by atoms with van der Waals surface area (Å²) in [6.07, 6.45) is 3.09. The molecule has 104 valence electrons. The van der Waals surface area contributed by atoms with Crippen LogP contribution in [0.2, 0.25) is 0 Å². The first-order valence-corrected chi connectivity index (χ1v) is 7.52. The van der Waals surface area contributed by atoms with Crippen LogP contribution in [0, 0.1) is 0 Å². The molecule has 1 fully saturated rings. The number of hydrogen-bond acceptors (Lipinski definition) is 3. The molecule has 0 bridgehead atoms. The zero-order valence-corrected chi connectivity index (χ0v) is 12.9. The van der Waals surface area contributed by atoms with E-state index in [9.17, 15) is 4.79 Å². The fraction of sp³-hybridized carbons (Fsp3) is 0.533. The van der Waals surface area contributed by atoms with Crippen molar-refractivity contribution in [3.63, 3.8) is 0 Å². The Hall–Kier alpha value is -0.710. The second kappa shape index (κ2) is 7.17. The van der Waals surface area contributed by atoms with Gasteiger partial charge in [-0.3, -0.25) is 9.69 Å². The molecule has 0 unspecified atom stereocenters. The van der Waals surface area contributed by atoms with Crippen molar-refractivity contribution in [3.05, 3.63) is 34.3 Å². The van der Waals surface area contributed by atoms with Crippen molar-refractivity contribution < 1.29 is 9.53 Å².